The van der Waals surface area contributed by atoms with Gasteiger partial charge in [-0.15, -0.1) is 0 Å². The fourth-order valence-electron chi connectivity index (χ4n) is 2.10. The number of aryl methyl sites for hydroxylation is 2. The van der Waals surface area contributed by atoms with Crippen LogP contribution in [-0.2, 0) is 6.61 Å². The molecule has 0 radical (unpaired) electrons. The summed E-state index contributed by atoms with van der Waals surface area (Å²) in [5.41, 5.74) is 3.72. The second kappa shape index (κ2) is 7.56. The molecule has 2 aromatic carbocycles. The Hall–Kier alpha value is -1.65. The van der Waals surface area contributed by atoms with Gasteiger partial charge >= 0.3 is 0 Å². The van der Waals surface area contributed by atoms with Crippen molar-refractivity contribution < 1.29 is 9.53 Å². The molecule has 2 rings (SSSR count). The van der Waals surface area contributed by atoms with Crippen molar-refractivity contribution in [2.75, 3.05) is 11.6 Å². The summed E-state index contributed by atoms with van der Waals surface area (Å²) >= 11 is 7.29. The highest BCUT2D eigenvalue weighted by molar-refractivity contribution is 8.13. The van der Waals surface area contributed by atoms with Crippen LogP contribution in [0.1, 0.15) is 16.7 Å². The number of hydrogen-bond acceptors (Lipinski definition) is 3. The summed E-state index contributed by atoms with van der Waals surface area (Å²) in [4.78, 5) is 11.6. The average molecular weight is 336 g/mol. The van der Waals surface area contributed by atoms with Crippen molar-refractivity contribution in [2.45, 2.75) is 20.5 Å². The summed E-state index contributed by atoms with van der Waals surface area (Å²) in [6.07, 6.45) is 1.72. The molecule has 0 aliphatic carbocycles. The van der Waals surface area contributed by atoms with Crippen molar-refractivity contribution in [3.63, 3.8) is 0 Å². The van der Waals surface area contributed by atoms with Crippen LogP contribution in [0, 0.1) is 13.8 Å². The van der Waals surface area contributed by atoms with Crippen LogP contribution >= 0.6 is 23.4 Å². The molecule has 2 aromatic rings. The van der Waals surface area contributed by atoms with Gasteiger partial charge in [-0.2, -0.15) is 0 Å². The number of carbonyl (C=O) groups is 1. The number of hydrogen-bond donors (Lipinski definition) is 1. The van der Waals surface area contributed by atoms with Crippen LogP contribution in [0.3, 0.4) is 0 Å². The molecule has 1 N–H and O–H groups in total. The highest BCUT2D eigenvalue weighted by atomic mass is 35.5. The van der Waals surface area contributed by atoms with Crippen molar-refractivity contribution in [2.24, 2.45) is 0 Å². The van der Waals surface area contributed by atoms with E-state index in [9.17, 15) is 4.79 Å². The standard InChI is InChI=1S/C17H18ClNO2S/c1-11-7-8-15(12(2)9-11)21-10-13-5-4-6-14(18)16(13)19-17(20)22-3/h4-9H,10H2,1-3H3,(H,19,20). The van der Waals surface area contributed by atoms with Gasteiger partial charge in [-0.1, -0.05) is 53.2 Å². The monoisotopic (exact) mass is 335 g/mol. The van der Waals surface area contributed by atoms with Crippen LogP contribution in [0.15, 0.2) is 36.4 Å². The first-order chi connectivity index (χ1) is 10.5. The maximum Gasteiger partial charge on any atom is 0.283 e. The van der Waals surface area contributed by atoms with Gasteiger partial charge in [-0.05, 0) is 37.8 Å². The van der Waals surface area contributed by atoms with Crippen LogP contribution in [0.25, 0.3) is 0 Å². The molecule has 5 heteroatoms. The Morgan fingerprint density at radius 3 is 2.73 bits per heavy atom. The number of carbonyl (C=O) groups excluding carboxylic acids is 1. The Kier molecular flexibility index (Phi) is 5.75. The normalized spacial score (nSPS) is 10.4. The summed E-state index contributed by atoms with van der Waals surface area (Å²) in [6.45, 7) is 4.40. The third-order valence-electron chi connectivity index (χ3n) is 3.23. The molecule has 0 saturated heterocycles. The van der Waals surface area contributed by atoms with Gasteiger partial charge in [0.05, 0.1) is 10.7 Å². The number of ether oxygens (including phenoxy) is 1. The number of benzene rings is 2. The van der Waals surface area contributed by atoms with Gasteiger partial charge in [-0.3, -0.25) is 4.79 Å². The summed E-state index contributed by atoms with van der Waals surface area (Å²) < 4.78 is 5.87. The lowest BCUT2D eigenvalue weighted by Crippen LogP contribution is -2.09. The highest BCUT2D eigenvalue weighted by Gasteiger charge is 2.11. The number of para-hydroxylation sites is 1. The van der Waals surface area contributed by atoms with E-state index in [0.29, 0.717) is 17.3 Å². The minimum atomic E-state index is -0.152. The lowest BCUT2D eigenvalue weighted by molar-refractivity contribution is 0.269. The molecule has 0 spiro atoms. The van der Waals surface area contributed by atoms with E-state index < -0.39 is 0 Å². The summed E-state index contributed by atoms with van der Waals surface area (Å²) in [7, 11) is 0. The van der Waals surface area contributed by atoms with Crippen molar-refractivity contribution in [3.8, 4) is 5.75 Å². The number of nitrogens with one attached hydrogen (secondary N) is 1. The summed E-state index contributed by atoms with van der Waals surface area (Å²) in [5.74, 6) is 0.827. The topological polar surface area (TPSA) is 38.3 Å². The summed E-state index contributed by atoms with van der Waals surface area (Å²) in [5, 5.41) is 3.15. The van der Waals surface area contributed by atoms with Gasteiger partial charge in [0.1, 0.15) is 12.4 Å². The van der Waals surface area contributed by atoms with E-state index >= 15 is 0 Å². The molecule has 0 aliphatic heterocycles. The quantitative estimate of drug-likeness (QED) is 0.809. The molecule has 0 unspecified atom stereocenters. The van der Waals surface area contributed by atoms with E-state index in [0.717, 1.165) is 28.6 Å². The second-order valence-corrected chi connectivity index (χ2v) is 6.13. The molecule has 0 atom stereocenters. The second-order valence-electron chi connectivity index (χ2n) is 4.95. The molecule has 22 heavy (non-hydrogen) atoms. The van der Waals surface area contributed by atoms with Gasteiger partial charge < -0.3 is 10.1 Å². The Morgan fingerprint density at radius 1 is 1.27 bits per heavy atom. The lowest BCUT2D eigenvalue weighted by Gasteiger charge is -2.14. The zero-order chi connectivity index (χ0) is 16.1. The van der Waals surface area contributed by atoms with Crippen LogP contribution in [0.2, 0.25) is 5.02 Å². The Bertz CT molecular complexity index is 688. The smallest absolute Gasteiger partial charge is 0.283 e. The zero-order valence-corrected chi connectivity index (χ0v) is 14.3. The maximum absolute atomic E-state index is 11.6. The fourth-order valence-corrected chi connectivity index (χ4v) is 2.54. The molecule has 0 saturated carbocycles. The molecule has 0 heterocycles. The molecule has 0 aromatic heterocycles. The highest BCUT2D eigenvalue weighted by Crippen LogP contribution is 2.29. The first kappa shape index (κ1) is 16.7. The van der Waals surface area contributed by atoms with E-state index in [2.05, 4.69) is 11.4 Å². The summed E-state index contributed by atoms with van der Waals surface area (Å²) in [6, 6.07) is 11.5. The molecule has 3 nitrogen and oxygen atoms in total. The lowest BCUT2D eigenvalue weighted by atomic mass is 10.1. The largest absolute Gasteiger partial charge is 0.489 e. The average Bonchev–Trinajstić information content (AvgIpc) is 2.49. The molecule has 116 valence electrons. The van der Waals surface area contributed by atoms with Crippen molar-refractivity contribution in [1.29, 1.82) is 0 Å². The van der Waals surface area contributed by atoms with E-state index in [-0.39, 0.29) is 5.24 Å². The first-order valence-electron chi connectivity index (χ1n) is 6.83. The van der Waals surface area contributed by atoms with E-state index in [1.54, 1.807) is 12.3 Å². The van der Waals surface area contributed by atoms with Crippen molar-refractivity contribution in [3.05, 3.63) is 58.1 Å². The molecule has 1 amide bonds. The van der Waals surface area contributed by atoms with Gasteiger partial charge in [0.15, 0.2) is 0 Å². The van der Waals surface area contributed by atoms with E-state index in [4.69, 9.17) is 16.3 Å². The fraction of sp³-hybridized carbons (Fsp3) is 0.235. The van der Waals surface area contributed by atoms with Crippen LogP contribution in [0.4, 0.5) is 10.5 Å². The van der Waals surface area contributed by atoms with Crippen LogP contribution in [-0.4, -0.2) is 11.5 Å². The van der Waals surface area contributed by atoms with Crippen LogP contribution in [0.5, 0.6) is 5.75 Å². The molecule has 0 bridgehead atoms. The van der Waals surface area contributed by atoms with Crippen LogP contribution < -0.4 is 10.1 Å². The maximum atomic E-state index is 11.6. The minimum absolute atomic E-state index is 0.152. The van der Waals surface area contributed by atoms with Gasteiger partial charge in [0, 0.05) is 5.56 Å². The Labute approximate surface area is 140 Å². The molecule has 0 fully saturated rings. The zero-order valence-electron chi connectivity index (χ0n) is 12.8. The SMILES string of the molecule is CSC(=O)Nc1c(Cl)cccc1COc1ccc(C)cc1C. The van der Waals surface area contributed by atoms with E-state index in [1.807, 2.05) is 38.1 Å². The number of rotatable bonds is 4. The minimum Gasteiger partial charge on any atom is -0.489 e. The Balaban J connectivity index is 2.18. The molecular weight excluding hydrogens is 318 g/mol. The Morgan fingerprint density at radius 2 is 2.05 bits per heavy atom. The van der Waals surface area contributed by atoms with Crippen molar-refractivity contribution in [1.82, 2.24) is 0 Å². The number of anilines is 1. The van der Waals surface area contributed by atoms with Gasteiger partial charge in [0.2, 0.25) is 0 Å². The van der Waals surface area contributed by atoms with Gasteiger partial charge in [-0.25, -0.2) is 0 Å². The first-order valence-corrected chi connectivity index (χ1v) is 8.44. The van der Waals surface area contributed by atoms with Gasteiger partial charge in [0.25, 0.3) is 5.24 Å². The number of amides is 1. The number of halogens is 1. The predicted octanol–water partition coefficient (Wildman–Crippen LogP) is 5.43. The van der Waals surface area contributed by atoms with E-state index in [1.165, 1.54) is 5.56 Å². The third kappa shape index (κ3) is 4.18. The molecular formula is C17H18ClNO2S. The predicted molar refractivity (Wildman–Crippen MR) is 94.2 cm³/mol. The third-order valence-corrected chi connectivity index (χ3v) is 4.01. The van der Waals surface area contributed by atoms with Crippen molar-refractivity contribution >= 4 is 34.3 Å². The number of thioether (sulfide) groups is 1. The molecule has 0 aliphatic rings.